The van der Waals surface area contributed by atoms with E-state index < -0.39 is 0 Å². The van der Waals surface area contributed by atoms with E-state index in [-0.39, 0.29) is 12.0 Å². The van der Waals surface area contributed by atoms with E-state index >= 15 is 0 Å². The fourth-order valence-electron chi connectivity index (χ4n) is 4.96. The largest absolute Gasteiger partial charge is 0.497 e. The Bertz CT molecular complexity index is 1440. The summed E-state index contributed by atoms with van der Waals surface area (Å²) < 4.78 is 17.4. The van der Waals surface area contributed by atoms with Gasteiger partial charge in [0.15, 0.2) is 0 Å². The zero-order valence-corrected chi connectivity index (χ0v) is 23.9. The van der Waals surface area contributed by atoms with Gasteiger partial charge >= 0.3 is 0 Å². The van der Waals surface area contributed by atoms with Crippen molar-refractivity contribution in [3.05, 3.63) is 106 Å². The van der Waals surface area contributed by atoms with Crippen LogP contribution in [-0.2, 0) is 11.3 Å². The van der Waals surface area contributed by atoms with Crippen LogP contribution < -0.4 is 4.74 Å². The Morgan fingerprint density at radius 3 is 2.48 bits per heavy atom. The molecule has 5 rings (SSSR count). The SMILES string of the molecule is COc1cccc(C(CN2CCN(C(=O)c3c(-c4ccccc4Cl)noc3C)CC2)OCc2ccc(C)cc2)c1. The number of carbonyl (C=O) groups excluding carboxylic acids is 1. The summed E-state index contributed by atoms with van der Waals surface area (Å²) in [6.07, 6.45) is -0.147. The van der Waals surface area contributed by atoms with Crippen molar-refractivity contribution >= 4 is 17.5 Å². The average Bonchev–Trinajstić information content (AvgIpc) is 3.37. The Labute approximate surface area is 240 Å². The number of halogens is 1. The third-order valence-electron chi connectivity index (χ3n) is 7.33. The number of piperazine rings is 1. The van der Waals surface area contributed by atoms with E-state index in [0.717, 1.165) is 30.0 Å². The molecule has 1 aliphatic rings. The van der Waals surface area contributed by atoms with E-state index in [9.17, 15) is 4.79 Å². The molecule has 1 atom stereocenters. The molecule has 1 saturated heterocycles. The molecular formula is C32H34ClN3O4. The number of carbonyl (C=O) groups is 1. The van der Waals surface area contributed by atoms with Crippen LogP contribution in [0.25, 0.3) is 11.3 Å². The first-order chi connectivity index (χ1) is 19.4. The summed E-state index contributed by atoms with van der Waals surface area (Å²) in [5, 5.41) is 4.70. The first-order valence-electron chi connectivity index (χ1n) is 13.5. The van der Waals surface area contributed by atoms with Gasteiger partial charge in [-0.15, -0.1) is 0 Å². The zero-order chi connectivity index (χ0) is 28.1. The molecule has 0 radical (unpaired) electrons. The maximum Gasteiger partial charge on any atom is 0.259 e. The van der Waals surface area contributed by atoms with Crippen LogP contribution in [0.3, 0.4) is 0 Å². The third-order valence-corrected chi connectivity index (χ3v) is 7.66. The molecule has 1 aliphatic heterocycles. The van der Waals surface area contributed by atoms with Crippen molar-refractivity contribution < 1.29 is 18.8 Å². The topological polar surface area (TPSA) is 68.0 Å². The number of nitrogens with zero attached hydrogens (tertiary/aromatic N) is 3. The Kier molecular flexibility index (Phi) is 8.85. The Hall–Kier alpha value is -3.65. The molecule has 0 saturated carbocycles. The average molecular weight is 560 g/mol. The molecule has 4 aromatic rings. The molecule has 0 aliphatic carbocycles. The van der Waals surface area contributed by atoms with E-state index in [1.165, 1.54) is 5.56 Å². The number of hydrogen-bond acceptors (Lipinski definition) is 6. The molecule has 208 valence electrons. The standard InChI is InChI=1S/C32H34ClN3O4/c1-22-11-13-24(14-12-22)21-39-29(25-7-6-8-26(19-25)38-3)20-35-15-17-36(18-16-35)32(37)30-23(2)40-34-31(30)27-9-4-5-10-28(27)33/h4-14,19,29H,15-18,20-21H2,1-3H3. The Morgan fingerprint density at radius 1 is 1.00 bits per heavy atom. The lowest BCUT2D eigenvalue weighted by atomic mass is 10.0. The van der Waals surface area contributed by atoms with Gasteiger partial charge < -0.3 is 18.9 Å². The van der Waals surface area contributed by atoms with E-state index in [4.69, 9.17) is 25.6 Å². The quantitative estimate of drug-likeness (QED) is 0.238. The molecule has 1 aromatic heterocycles. The van der Waals surface area contributed by atoms with Crippen LogP contribution in [-0.4, -0.2) is 60.7 Å². The molecule has 0 N–H and O–H groups in total. The van der Waals surface area contributed by atoms with Gasteiger partial charge in [-0.3, -0.25) is 9.69 Å². The van der Waals surface area contributed by atoms with Crippen LogP contribution >= 0.6 is 11.6 Å². The zero-order valence-electron chi connectivity index (χ0n) is 23.1. The van der Waals surface area contributed by atoms with Gasteiger partial charge in [0.2, 0.25) is 0 Å². The van der Waals surface area contributed by atoms with Gasteiger partial charge in [-0.05, 0) is 43.2 Å². The van der Waals surface area contributed by atoms with Crippen LogP contribution in [0.15, 0.2) is 77.3 Å². The smallest absolute Gasteiger partial charge is 0.259 e. The van der Waals surface area contributed by atoms with E-state index in [1.54, 1.807) is 20.1 Å². The highest BCUT2D eigenvalue weighted by atomic mass is 35.5. The molecular weight excluding hydrogens is 526 g/mol. The lowest BCUT2D eigenvalue weighted by Crippen LogP contribution is -2.49. The monoisotopic (exact) mass is 559 g/mol. The molecule has 2 heterocycles. The summed E-state index contributed by atoms with van der Waals surface area (Å²) in [7, 11) is 1.67. The van der Waals surface area contributed by atoms with Crippen molar-refractivity contribution in [1.82, 2.24) is 15.0 Å². The minimum absolute atomic E-state index is 0.0895. The van der Waals surface area contributed by atoms with Gasteiger partial charge in [0.05, 0.1) is 24.8 Å². The van der Waals surface area contributed by atoms with Crippen LogP contribution in [0.4, 0.5) is 0 Å². The molecule has 3 aromatic carbocycles. The number of methoxy groups -OCH3 is 1. The molecule has 8 heteroatoms. The Balaban J connectivity index is 1.27. The third kappa shape index (κ3) is 6.39. The molecule has 0 spiro atoms. The molecule has 1 amide bonds. The van der Waals surface area contributed by atoms with Crippen LogP contribution in [0.2, 0.25) is 5.02 Å². The number of rotatable bonds is 9. The van der Waals surface area contributed by atoms with E-state index in [2.05, 4.69) is 47.3 Å². The number of hydrogen-bond donors (Lipinski definition) is 0. The Morgan fingerprint density at radius 2 is 1.75 bits per heavy atom. The summed E-state index contributed by atoms with van der Waals surface area (Å²) >= 11 is 6.41. The van der Waals surface area contributed by atoms with E-state index in [1.807, 2.05) is 41.3 Å². The molecule has 40 heavy (non-hydrogen) atoms. The number of ether oxygens (including phenoxy) is 2. The van der Waals surface area contributed by atoms with Crippen LogP contribution in [0.1, 0.15) is 38.9 Å². The van der Waals surface area contributed by atoms with E-state index in [0.29, 0.717) is 53.8 Å². The molecule has 1 fully saturated rings. The summed E-state index contributed by atoms with van der Waals surface area (Å²) in [4.78, 5) is 17.8. The summed E-state index contributed by atoms with van der Waals surface area (Å²) in [5.74, 6) is 1.20. The normalized spacial score (nSPS) is 14.8. The van der Waals surface area contributed by atoms with Gasteiger partial charge in [-0.25, -0.2) is 0 Å². The fraction of sp³-hybridized carbons (Fsp3) is 0.312. The van der Waals surface area contributed by atoms with Crippen molar-refractivity contribution in [2.45, 2.75) is 26.6 Å². The second kappa shape index (κ2) is 12.7. The first kappa shape index (κ1) is 27.9. The van der Waals surface area contributed by atoms with Crippen molar-refractivity contribution in [3.63, 3.8) is 0 Å². The minimum Gasteiger partial charge on any atom is -0.497 e. The first-order valence-corrected chi connectivity index (χ1v) is 13.8. The van der Waals surface area contributed by atoms with Crippen molar-refractivity contribution in [2.75, 3.05) is 39.8 Å². The van der Waals surface area contributed by atoms with Crippen LogP contribution in [0.5, 0.6) is 5.75 Å². The molecule has 0 bridgehead atoms. The summed E-state index contributed by atoms with van der Waals surface area (Å²) in [6.45, 7) is 7.70. The predicted molar refractivity (Wildman–Crippen MR) is 156 cm³/mol. The summed E-state index contributed by atoms with van der Waals surface area (Å²) in [6, 6.07) is 23.8. The van der Waals surface area contributed by atoms with Gasteiger partial charge in [0, 0.05) is 38.3 Å². The van der Waals surface area contributed by atoms with Gasteiger partial charge in [-0.1, -0.05) is 76.9 Å². The van der Waals surface area contributed by atoms with Crippen molar-refractivity contribution in [2.24, 2.45) is 0 Å². The van der Waals surface area contributed by atoms with Gasteiger partial charge in [0.1, 0.15) is 22.8 Å². The second-order valence-electron chi connectivity index (χ2n) is 10.1. The summed E-state index contributed by atoms with van der Waals surface area (Å²) in [5.41, 5.74) is 5.06. The maximum absolute atomic E-state index is 13.6. The number of aromatic nitrogens is 1. The van der Waals surface area contributed by atoms with Gasteiger partial charge in [0.25, 0.3) is 5.91 Å². The maximum atomic E-state index is 13.6. The highest BCUT2D eigenvalue weighted by molar-refractivity contribution is 6.33. The molecule has 1 unspecified atom stereocenters. The highest BCUT2D eigenvalue weighted by Crippen LogP contribution is 2.32. The second-order valence-corrected chi connectivity index (χ2v) is 10.5. The highest BCUT2D eigenvalue weighted by Gasteiger charge is 2.30. The molecule has 7 nitrogen and oxygen atoms in total. The predicted octanol–water partition coefficient (Wildman–Crippen LogP) is 6.34. The van der Waals surface area contributed by atoms with Gasteiger partial charge in [-0.2, -0.15) is 0 Å². The number of aryl methyl sites for hydroxylation is 2. The lowest BCUT2D eigenvalue weighted by molar-refractivity contribution is 0.00332. The minimum atomic E-state index is -0.147. The number of benzene rings is 3. The number of amides is 1. The van der Waals surface area contributed by atoms with Crippen LogP contribution in [0, 0.1) is 13.8 Å². The van der Waals surface area contributed by atoms with Crippen molar-refractivity contribution in [1.29, 1.82) is 0 Å². The fourth-order valence-corrected chi connectivity index (χ4v) is 5.19. The lowest BCUT2D eigenvalue weighted by Gasteiger charge is -2.36. The van der Waals surface area contributed by atoms with Crippen molar-refractivity contribution in [3.8, 4) is 17.0 Å².